The third-order valence-corrected chi connectivity index (χ3v) is 6.16. The number of hydrogen-bond donors (Lipinski definition) is 2. The fraction of sp³-hybridized carbons (Fsp3) is 0.800. The zero-order valence-corrected chi connectivity index (χ0v) is 22.2. The average Bonchev–Trinajstić information content (AvgIpc) is 2.82. The van der Waals surface area contributed by atoms with Crippen LogP contribution < -0.4 is 10.6 Å². The van der Waals surface area contributed by atoms with Crippen LogP contribution in [0.5, 0.6) is 0 Å². The highest BCUT2D eigenvalue weighted by Gasteiger charge is 2.34. The molecule has 1 fully saturated rings. The minimum absolute atomic E-state index is 0.0567. The van der Waals surface area contributed by atoms with Crippen LogP contribution >= 0.6 is 12.2 Å². The Labute approximate surface area is 215 Å². The number of amides is 2. The highest BCUT2D eigenvalue weighted by molar-refractivity contribution is 7.80. The van der Waals surface area contributed by atoms with Crippen molar-refractivity contribution in [2.45, 2.75) is 103 Å². The predicted molar refractivity (Wildman–Crippen MR) is 138 cm³/mol. The number of nitrogens with one attached hydrogen (secondary N) is 2. The molecular formula is C25H43N3O6S. The topological polar surface area (TPSA) is 114 Å². The first-order chi connectivity index (χ1) is 16.9. The van der Waals surface area contributed by atoms with Gasteiger partial charge in [-0.2, -0.15) is 0 Å². The van der Waals surface area contributed by atoms with Crippen molar-refractivity contribution in [1.82, 2.24) is 15.5 Å². The number of thiocarbonyl (C=S) groups is 1. The first kappa shape index (κ1) is 30.8. The summed E-state index contributed by atoms with van der Waals surface area (Å²) in [5, 5.41) is 5.32. The molecule has 1 saturated heterocycles. The minimum Gasteiger partial charge on any atom is -0.466 e. The molecule has 0 bridgehead atoms. The van der Waals surface area contributed by atoms with Gasteiger partial charge in [-0.15, -0.1) is 0 Å². The van der Waals surface area contributed by atoms with Crippen molar-refractivity contribution >= 4 is 41.1 Å². The van der Waals surface area contributed by atoms with Crippen molar-refractivity contribution in [3.8, 4) is 0 Å². The van der Waals surface area contributed by atoms with E-state index in [0.717, 1.165) is 19.3 Å². The Morgan fingerprint density at radius 3 is 2.20 bits per heavy atom. The minimum atomic E-state index is -0.846. The van der Waals surface area contributed by atoms with Gasteiger partial charge in [-0.1, -0.05) is 64.7 Å². The molecule has 1 unspecified atom stereocenters. The number of carbonyl (C=O) groups excluding carboxylic acids is 4. The molecule has 1 rings (SSSR count). The summed E-state index contributed by atoms with van der Waals surface area (Å²) in [6.45, 7) is 5.20. The third-order valence-electron chi connectivity index (χ3n) is 5.82. The van der Waals surface area contributed by atoms with E-state index in [1.807, 2.05) is 0 Å². The van der Waals surface area contributed by atoms with Gasteiger partial charge in [0.1, 0.15) is 6.04 Å². The largest absolute Gasteiger partial charge is 0.466 e. The molecule has 1 atom stereocenters. The normalized spacial score (nSPS) is 15.3. The van der Waals surface area contributed by atoms with E-state index in [1.165, 1.54) is 49.8 Å². The van der Waals surface area contributed by atoms with E-state index in [0.29, 0.717) is 19.7 Å². The Morgan fingerprint density at radius 2 is 1.57 bits per heavy atom. The van der Waals surface area contributed by atoms with Crippen LogP contribution in [0.25, 0.3) is 0 Å². The molecule has 9 nitrogen and oxygen atoms in total. The van der Waals surface area contributed by atoms with Crippen molar-refractivity contribution in [2.75, 3.05) is 26.3 Å². The molecule has 0 radical (unpaired) electrons. The summed E-state index contributed by atoms with van der Waals surface area (Å²) < 4.78 is 10.1. The second-order valence-corrected chi connectivity index (χ2v) is 9.15. The Hall–Kier alpha value is -2.23. The van der Waals surface area contributed by atoms with Gasteiger partial charge in [-0.25, -0.2) is 0 Å². The molecule has 1 heterocycles. The monoisotopic (exact) mass is 513 g/mol. The fourth-order valence-corrected chi connectivity index (χ4v) is 4.19. The molecule has 35 heavy (non-hydrogen) atoms. The quantitative estimate of drug-likeness (QED) is 0.173. The third kappa shape index (κ3) is 14.0. The van der Waals surface area contributed by atoms with E-state index in [9.17, 15) is 19.2 Å². The Morgan fingerprint density at radius 1 is 0.943 bits per heavy atom. The number of piperazine rings is 1. The van der Waals surface area contributed by atoms with Gasteiger partial charge in [-0.3, -0.25) is 19.2 Å². The zero-order chi connectivity index (χ0) is 25.9. The number of ether oxygens (including phenoxy) is 2. The van der Waals surface area contributed by atoms with Crippen molar-refractivity contribution in [3.05, 3.63) is 0 Å². The average molecular weight is 514 g/mol. The van der Waals surface area contributed by atoms with Gasteiger partial charge < -0.3 is 25.0 Å². The highest BCUT2D eigenvalue weighted by atomic mass is 32.1. The van der Waals surface area contributed by atoms with Crippen molar-refractivity contribution < 1.29 is 28.7 Å². The Bertz CT molecular complexity index is 688. The zero-order valence-electron chi connectivity index (χ0n) is 21.4. The molecular weight excluding hydrogens is 470 g/mol. The lowest BCUT2D eigenvalue weighted by Crippen LogP contribution is -2.60. The lowest BCUT2D eigenvalue weighted by Gasteiger charge is -2.36. The molecule has 1 aliphatic rings. The van der Waals surface area contributed by atoms with Crippen molar-refractivity contribution in [2.24, 2.45) is 0 Å². The van der Waals surface area contributed by atoms with E-state index >= 15 is 0 Å². The summed E-state index contributed by atoms with van der Waals surface area (Å²) in [5.41, 5.74) is 0. The summed E-state index contributed by atoms with van der Waals surface area (Å²) in [4.78, 5) is 49.8. The van der Waals surface area contributed by atoms with Crippen LogP contribution in [0.1, 0.15) is 97.3 Å². The van der Waals surface area contributed by atoms with Crippen LogP contribution in [-0.4, -0.2) is 66.1 Å². The molecule has 0 spiro atoms. The maximum Gasteiger partial charge on any atom is 0.308 e. The number of unbranched alkanes of at least 4 members (excludes halogenated alkanes) is 9. The van der Waals surface area contributed by atoms with Crippen LogP contribution in [0.15, 0.2) is 0 Å². The predicted octanol–water partition coefficient (Wildman–Crippen LogP) is 3.39. The number of nitrogens with zero attached hydrogens (tertiary/aromatic N) is 1. The summed E-state index contributed by atoms with van der Waals surface area (Å²) in [6, 6.07) is -0.846. The van der Waals surface area contributed by atoms with E-state index in [-0.39, 0.29) is 36.9 Å². The number of rotatable bonds is 17. The van der Waals surface area contributed by atoms with Gasteiger partial charge in [0.05, 0.1) is 26.1 Å². The van der Waals surface area contributed by atoms with Crippen LogP contribution in [0.3, 0.4) is 0 Å². The molecule has 200 valence electrons. The Balaban J connectivity index is 2.31. The lowest BCUT2D eigenvalue weighted by atomic mass is 10.1. The molecule has 0 aromatic carbocycles. The molecule has 0 saturated carbocycles. The van der Waals surface area contributed by atoms with E-state index < -0.39 is 23.9 Å². The first-order valence-corrected chi connectivity index (χ1v) is 13.5. The molecule has 0 aliphatic carbocycles. The maximum atomic E-state index is 12.4. The maximum absolute atomic E-state index is 12.4. The van der Waals surface area contributed by atoms with Gasteiger partial charge in [0.15, 0.2) is 5.11 Å². The Kier molecular flexibility index (Phi) is 16.7. The van der Waals surface area contributed by atoms with Gasteiger partial charge >= 0.3 is 11.9 Å². The van der Waals surface area contributed by atoms with E-state index in [2.05, 4.69) is 17.6 Å². The number of hydrogen-bond acceptors (Lipinski definition) is 7. The van der Waals surface area contributed by atoms with E-state index in [1.54, 1.807) is 6.92 Å². The molecule has 2 amide bonds. The molecule has 1 aliphatic heterocycles. The van der Waals surface area contributed by atoms with Gasteiger partial charge in [0.25, 0.3) is 0 Å². The first-order valence-electron chi connectivity index (χ1n) is 13.1. The molecule has 10 heteroatoms. The van der Waals surface area contributed by atoms with Crippen LogP contribution in [0.2, 0.25) is 0 Å². The second-order valence-electron chi connectivity index (χ2n) is 8.77. The fourth-order valence-electron chi connectivity index (χ4n) is 3.86. The van der Waals surface area contributed by atoms with Crippen LogP contribution in [0.4, 0.5) is 0 Å². The smallest absolute Gasteiger partial charge is 0.308 e. The van der Waals surface area contributed by atoms with Crippen LogP contribution in [-0.2, 0) is 28.7 Å². The SMILES string of the molecule is CCCCCCCCCCCCOC(=O)CC1C(=O)NCCN1C(=S)NC(=O)CCC(=O)OCC. The highest BCUT2D eigenvalue weighted by Crippen LogP contribution is 2.13. The molecule has 0 aromatic heterocycles. The molecule has 2 N–H and O–H groups in total. The number of esters is 2. The van der Waals surface area contributed by atoms with Gasteiger partial charge in [0, 0.05) is 19.5 Å². The standard InChI is InChI=1S/C25H43N3O6S/c1-3-5-6-7-8-9-10-11-12-13-18-34-23(31)19-20-24(32)26-16-17-28(20)25(35)27-21(29)14-15-22(30)33-4-2/h20H,3-19H2,1-2H3,(H,26,32)(H,27,29,35). The van der Waals surface area contributed by atoms with E-state index in [4.69, 9.17) is 21.7 Å². The lowest BCUT2D eigenvalue weighted by molar-refractivity contribution is -0.147. The summed E-state index contributed by atoms with van der Waals surface area (Å²) in [5.74, 6) is -1.72. The van der Waals surface area contributed by atoms with Crippen LogP contribution in [0, 0.1) is 0 Å². The summed E-state index contributed by atoms with van der Waals surface area (Å²) in [6.07, 6.45) is 11.7. The van der Waals surface area contributed by atoms with Gasteiger partial charge in [0.2, 0.25) is 11.8 Å². The number of carbonyl (C=O) groups is 4. The summed E-state index contributed by atoms with van der Waals surface area (Å²) in [7, 11) is 0. The van der Waals surface area contributed by atoms with Gasteiger partial charge in [-0.05, 0) is 25.6 Å². The van der Waals surface area contributed by atoms with Crippen molar-refractivity contribution in [3.63, 3.8) is 0 Å². The second kappa shape index (κ2) is 19.0. The molecule has 0 aromatic rings. The summed E-state index contributed by atoms with van der Waals surface area (Å²) >= 11 is 5.30. The van der Waals surface area contributed by atoms with Crippen molar-refractivity contribution in [1.29, 1.82) is 0 Å².